The summed E-state index contributed by atoms with van der Waals surface area (Å²) >= 11 is 0. The summed E-state index contributed by atoms with van der Waals surface area (Å²) in [5, 5.41) is 11.0. The number of aliphatic hydroxyl groups excluding tert-OH is 1. The molecular weight excluding hydrogens is 470 g/mol. The maximum atomic E-state index is 12.5. The normalized spacial score (nSPS) is 40.9. The lowest BCUT2D eigenvalue weighted by molar-refractivity contribution is -0.156. The van der Waals surface area contributed by atoms with Gasteiger partial charge >= 0.3 is 0 Å². The first kappa shape index (κ1) is 28.6. The van der Waals surface area contributed by atoms with Crippen molar-refractivity contribution in [3.05, 3.63) is 0 Å². The Hall–Kier alpha value is -0.900. The summed E-state index contributed by atoms with van der Waals surface area (Å²) in [6, 6.07) is 0. The molecule has 1 saturated heterocycles. The number of aliphatic hydroxyl groups is 1. The molecule has 0 bridgehead atoms. The van der Waals surface area contributed by atoms with Crippen molar-refractivity contribution in [2.24, 2.45) is 40.4 Å². The van der Waals surface area contributed by atoms with Crippen molar-refractivity contribution in [3.63, 3.8) is 0 Å². The highest BCUT2D eigenvalue weighted by molar-refractivity contribution is 5.79. The van der Waals surface area contributed by atoms with Crippen LogP contribution in [0, 0.1) is 40.4 Å². The van der Waals surface area contributed by atoms with Gasteiger partial charge in [-0.05, 0) is 105 Å². The fourth-order valence-electron chi connectivity index (χ4n) is 10.4. The van der Waals surface area contributed by atoms with Crippen molar-refractivity contribution < 1.29 is 14.7 Å². The maximum Gasteiger partial charge on any atom is 0.222 e. The highest BCUT2D eigenvalue weighted by Gasteiger charge is 2.62. The van der Waals surface area contributed by atoms with Gasteiger partial charge in [0, 0.05) is 32.4 Å². The Kier molecular flexibility index (Phi) is 9.27. The summed E-state index contributed by atoms with van der Waals surface area (Å²) in [6.07, 6.45) is 23.1. The van der Waals surface area contributed by atoms with Crippen molar-refractivity contribution >= 4 is 11.7 Å². The Balaban J connectivity index is 1.07. The minimum atomic E-state index is -0.109. The van der Waals surface area contributed by atoms with Crippen LogP contribution in [-0.2, 0) is 9.59 Å². The van der Waals surface area contributed by atoms with Gasteiger partial charge in [-0.2, -0.15) is 0 Å². The topological polar surface area (TPSA) is 57.6 Å². The number of nitrogens with zero attached hydrogens (tertiary/aromatic N) is 1. The highest BCUT2D eigenvalue weighted by Crippen LogP contribution is 2.67. The van der Waals surface area contributed by atoms with Crippen LogP contribution < -0.4 is 0 Å². The molecule has 0 aromatic heterocycles. The molecule has 5 fully saturated rings. The molecule has 4 saturated carbocycles. The van der Waals surface area contributed by atoms with E-state index >= 15 is 0 Å². The average molecular weight is 528 g/mol. The Bertz CT molecular complexity index is 821. The van der Waals surface area contributed by atoms with E-state index in [1.54, 1.807) is 0 Å². The number of fused-ring (bicyclic) bond motifs is 5. The fourth-order valence-corrected chi connectivity index (χ4v) is 10.4. The quantitative estimate of drug-likeness (QED) is 0.296. The number of hydrogen-bond donors (Lipinski definition) is 1. The number of hydrogen-bond acceptors (Lipinski definition) is 3. The van der Waals surface area contributed by atoms with Gasteiger partial charge in [0.2, 0.25) is 5.91 Å². The number of amides is 1. The summed E-state index contributed by atoms with van der Waals surface area (Å²) in [7, 11) is 0. The Morgan fingerprint density at radius 2 is 1.55 bits per heavy atom. The molecule has 5 rings (SSSR count). The zero-order valence-corrected chi connectivity index (χ0v) is 24.7. The molecule has 3 unspecified atom stereocenters. The molecule has 1 amide bonds. The summed E-state index contributed by atoms with van der Waals surface area (Å²) < 4.78 is 0. The molecule has 8 atom stereocenters. The van der Waals surface area contributed by atoms with E-state index in [-0.39, 0.29) is 11.5 Å². The molecule has 0 radical (unpaired) electrons. The van der Waals surface area contributed by atoms with Gasteiger partial charge in [0.15, 0.2) is 0 Å². The summed E-state index contributed by atoms with van der Waals surface area (Å²) in [6.45, 7) is 6.92. The number of ketones is 1. The van der Waals surface area contributed by atoms with Gasteiger partial charge in [-0.3, -0.25) is 9.59 Å². The third-order valence-corrected chi connectivity index (χ3v) is 12.8. The van der Waals surface area contributed by atoms with Crippen LogP contribution in [0.1, 0.15) is 142 Å². The predicted octanol–water partition coefficient (Wildman–Crippen LogP) is 7.71. The van der Waals surface area contributed by atoms with Crippen LogP contribution in [0.3, 0.4) is 0 Å². The number of piperidine rings is 1. The zero-order valence-electron chi connectivity index (χ0n) is 24.7. The van der Waals surface area contributed by atoms with E-state index in [0.29, 0.717) is 28.9 Å². The largest absolute Gasteiger partial charge is 0.393 e. The van der Waals surface area contributed by atoms with Gasteiger partial charge in [-0.25, -0.2) is 0 Å². The van der Waals surface area contributed by atoms with Crippen molar-refractivity contribution in [1.29, 1.82) is 0 Å². The molecule has 38 heavy (non-hydrogen) atoms. The molecule has 4 aliphatic carbocycles. The zero-order chi connectivity index (χ0) is 26.8. The third-order valence-electron chi connectivity index (χ3n) is 12.8. The molecule has 0 aromatic rings. The number of carbonyl (C=O) groups excluding carboxylic acids is 2. The van der Waals surface area contributed by atoms with Gasteiger partial charge in [-0.1, -0.05) is 58.8 Å². The van der Waals surface area contributed by atoms with Crippen LogP contribution in [0.5, 0.6) is 0 Å². The second-order valence-electron chi connectivity index (χ2n) is 14.8. The molecule has 4 heteroatoms. The minimum absolute atomic E-state index is 0.109. The predicted molar refractivity (Wildman–Crippen MR) is 154 cm³/mol. The van der Waals surface area contributed by atoms with Crippen LogP contribution in [0.15, 0.2) is 0 Å². The highest BCUT2D eigenvalue weighted by atomic mass is 16.3. The minimum Gasteiger partial charge on any atom is -0.393 e. The first-order valence-electron chi connectivity index (χ1n) is 16.8. The monoisotopic (exact) mass is 527 g/mol. The lowest BCUT2D eigenvalue weighted by Gasteiger charge is -2.62. The molecule has 4 nitrogen and oxygen atoms in total. The number of rotatable bonds is 10. The van der Waals surface area contributed by atoms with Crippen molar-refractivity contribution in [2.75, 3.05) is 13.1 Å². The van der Waals surface area contributed by atoms with Gasteiger partial charge in [0.25, 0.3) is 0 Å². The maximum absolute atomic E-state index is 12.5. The van der Waals surface area contributed by atoms with Gasteiger partial charge in [-0.15, -0.1) is 0 Å². The number of carbonyl (C=O) groups is 2. The van der Waals surface area contributed by atoms with Crippen LogP contribution in [0.4, 0.5) is 0 Å². The number of Topliss-reactive ketones (excluding diaryl/α,β-unsaturated/α-hetero) is 1. The van der Waals surface area contributed by atoms with E-state index in [4.69, 9.17) is 0 Å². The first-order valence-corrected chi connectivity index (χ1v) is 16.8. The SMILES string of the molecule is C[C@]12CCC(=O)CC1CC(CCCCCCCCCC(=O)N1CCCCC1)[C@@H]1[C@H]2CC[C@]2(C)C(O)CC[C@@H]12. The third kappa shape index (κ3) is 5.77. The van der Waals surface area contributed by atoms with E-state index in [1.165, 1.54) is 89.9 Å². The summed E-state index contributed by atoms with van der Waals surface area (Å²) in [4.78, 5) is 26.9. The van der Waals surface area contributed by atoms with E-state index < -0.39 is 0 Å². The Morgan fingerprint density at radius 1 is 0.868 bits per heavy atom. The average Bonchev–Trinajstić information content (AvgIpc) is 3.22. The number of likely N-dealkylation sites (tertiary alicyclic amines) is 1. The smallest absolute Gasteiger partial charge is 0.222 e. The van der Waals surface area contributed by atoms with Gasteiger partial charge in [0.05, 0.1) is 6.10 Å². The molecule has 1 N–H and O–H groups in total. The molecule has 1 heterocycles. The van der Waals surface area contributed by atoms with E-state index in [1.807, 2.05) is 0 Å². The molecular formula is C34H57NO3. The van der Waals surface area contributed by atoms with E-state index in [9.17, 15) is 14.7 Å². The molecule has 0 spiro atoms. The van der Waals surface area contributed by atoms with Crippen molar-refractivity contribution in [3.8, 4) is 0 Å². The Labute approximate surface area is 233 Å². The van der Waals surface area contributed by atoms with E-state index in [2.05, 4.69) is 18.7 Å². The van der Waals surface area contributed by atoms with Crippen LogP contribution in [0.2, 0.25) is 0 Å². The standard InChI is InChI=1S/C34H57NO3/c1-33-19-17-27(36)24-26(33)23-25(32-28-15-16-30(37)34(28,2)20-18-29(32)33)13-9-6-4-3-5-7-10-14-31(38)35-21-11-8-12-22-35/h25-26,28-30,32,37H,3-24H2,1-2H3/t25?,26?,28-,29+,30?,32-,33-,34-/m0/s1. The first-order chi connectivity index (χ1) is 18.3. The molecule has 216 valence electrons. The van der Waals surface area contributed by atoms with Crippen molar-refractivity contribution in [1.82, 2.24) is 4.90 Å². The number of unbranched alkanes of at least 4 members (excludes halogenated alkanes) is 6. The second kappa shape index (κ2) is 12.3. The van der Waals surface area contributed by atoms with Gasteiger partial charge in [0.1, 0.15) is 5.78 Å². The van der Waals surface area contributed by atoms with Crippen molar-refractivity contribution in [2.45, 2.75) is 148 Å². The summed E-state index contributed by atoms with van der Waals surface area (Å²) in [5.74, 6) is 4.45. The van der Waals surface area contributed by atoms with E-state index in [0.717, 1.165) is 69.4 Å². The Morgan fingerprint density at radius 3 is 2.32 bits per heavy atom. The fraction of sp³-hybridized carbons (Fsp3) is 0.941. The lowest BCUT2D eigenvalue weighted by Crippen LogP contribution is -2.57. The van der Waals surface area contributed by atoms with Crippen LogP contribution in [0.25, 0.3) is 0 Å². The molecule has 1 aliphatic heterocycles. The molecule has 5 aliphatic rings. The second-order valence-corrected chi connectivity index (χ2v) is 14.8. The lowest BCUT2D eigenvalue weighted by atomic mass is 9.42. The van der Waals surface area contributed by atoms with Crippen LogP contribution in [-0.4, -0.2) is 40.9 Å². The molecule has 0 aromatic carbocycles. The van der Waals surface area contributed by atoms with Crippen LogP contribution >= 0.6 is 0 Å². The van der Waals surface area contributed by atoms with Gasteiger partial charge < -0.3 is 10.0 Å². The summed E-state index contributed by atoms with van der Waals surface area (Å²) in [5.41, 5.74) is 0.474.